The Balaban J connectivity index is 1.78. The van der Waals surface area contributed by atoms with E-state index in [1.54, 1.807) is 11.9 Å². The minimum Gasteiger partial charge on any atom is -0.233 e. The third-order valence-electron chi connectivity index (χ3n) is 2.36. The summed E-state index contributed by atoms with van der Waals surface area (Å²) in [6.45, 7) is 0. The van der Waals surface area contributed by atoms with E-state index in [0.29, 0.717) is 0 Å². The Morgan fingerprint density at radius 2 is 1.47 bits per heavy atom. The Kier molecular flexibility index (Phi) is 3.07. The highest BCUT2D eigenvalue weighted by Gasteiger charge is 2.20. The van der Waals surface area contributed by atoms with Crippen molar-refractivity contribution in [1.82, 2.24) is 0 Å². The van der Waals surface area contributed by atoms with Gasteiger partial charge in [0, 0.05) is 17.5 Å². The fourth-order valence-corrected chi connectivity index (χ4v) is 3.30. The zero-order valence-corrected chi connectivity index (χ0v) is 10.6. The van der Waals surface area contributed by atoms with Gasteiger partial charge in [0.25, 0.3) is 0 Å². The van der Waals surface area contributed by atoms with Gasteiger partial charge in [0.15, 0.2) is 0 Å². The summed E-state index contributed by atoms with van der Waals surface area (Å²) >= 11 is 3.15. The van der Waals surface area contributed by atoms with E-state index in [1.165, 1.54) is 17.7 Å². The van der Waals surface area contributed by atoms with Crippen LogP contribution in [0.1, 0.15) is 5.56 Å². The lowest BCUT2D eigenvalue weighted by Crippen LogP contribution is -2.01. The number of para-hydroxylation sites is 1. The van der Waals surface area contributed by atoms with Crippen LogP contribution in [0.2, 0.25) is 0 Å². The van der Waals surface area contributed by atoms with Gasteiger partial charge in [-0.1, -0.05) is 48.5 Å². The van der Waals surface area contributed by atoms with E-state index < -0.39 is 0 Å². The first kappa shape index (κ1) is 10.7. The van der Waals surface area contributed by atoms with Gasteiger partial charge in [0.05, 0.1) is 5.69 Å². The van der Waals surface area contributed by atoms with E-state index >= 15 is 0 Å². The number of nitrogens with zero attached hydrogens (tertiary/aromatic N) is 2. The molecule has 4 heteroatoms. The van der Waals surface area contributed by atoms with Crippen molar-refractivity contribution in [3.8, 4) is 0 Å². The van der Waals surface area contributed by atoms with Crippen molar-refractivity contribution in [3.05, 3.63) is 66.2 Å². The van der Waals surface area contributed by atoms with Gasteiger partial charge in [-0.15, -0.1) is 0 Å². The third kappa shape index (κ3) is 2.33. The second-order valence-corrected chi connectivity index (χ2v) is 5.40. The quantitative estimate of drug-likeness (QED) is 0.752. The Labute approximate surface area is 109 Å². The summed E-state index contributed by atoms with van der Waals surface area (Å²) in [6.07, 6.45) is 0. The fraction of sp³-hybridized carbons (Fsp3) is 0. The van der Waals surface area contributed by atoms with Crippen molar-refractivity contribution in [2.24, 2.45) is 4.40 Å². The molecule has 1 aliphatic rings. The summed E-state index contributed by atoms with van der Waals surface area (Å²) < 4.78 is 6.60. The molecule has 2 aromatic rings. The first-order valence-electron chi connectivity index (χ1n) is 5.27. The summed E-state index contributed by atoms with van der Waals surface area (Å²) in [4.78, 5) is 0. The first-order chi connectivity index (χ1) is 8.43. The lowest BCUT2D eigenvalue weighted by molar-refractivity contribution is 1.61. The molecular weight excluding hydrogens is 248 g/mol. The molecule has 2 nitrogen and oxygen atoms in total. The van der Waals surface area contributed by atoms with Crippen LogP contribution in [-0.2, 0) is 0 Å². The SMILES string of the molecule is c1ccc(C2=NSN(c3ccccc3)S2)cc1. The summed E-state index contributed by atoms with van der Waals surface area (Å²) in [5, 5.41) is 1.06. The molecular formula is C13H10N2S2. The molecule has 0 saturated carbocycles. The van der Waals surface area contributed by atoms with Gasteiger partial charge < -0.3 is 0 Å². The highest BCUT2D eigenvalue weighted by atomic mass is 32.2. The minimum absolute atomic E-state index is 1.06. The zero-order valence-electron chi connectivity index (χ0n) is 8.98. The van der Waals surface area contributed by atoms with Crippen molar-refractivity contribution in [2.75, 3.05) is 3.71 Å². The Hall–Kier alpha value is -1.39. The van der Waals surface area contributed by atoms with Gasteiger partial charge in [0.2, 0.25) is 0 Å². The van der Waals surface area contributed by atoms with Gasteiger partial charge >= 0.3 is 0 Å². The molecule has 0 aliphatic carbocycles. The van der Waals surface area contributed by atoms with Crippen molar-refractivity contribution < 1.29 is 0 Å². The van der Waals surface area contributed by atoms with Gasteiger partial charge in [-0.05, 0) is 12.1 Å². The smallest absolute Gasteiger partial charge is 0.135 e. The van der Waals surface area contributed by atoms with Crippen molar-refractivity contribution >= 4 is 34.8 Å². The van der Waals surface area contributed by atoms with Crippen LogP contribution in [-0.4, -0.2) is 5.04 Å². The average Bonchev–Trinajstić information content (AvgIpc) is 2.90. The Bertz CT molecular complexity index is 526. The lowest BCUT2D eigenvalue weighted by Gasteiger charge is -2.12. The maximum absolute atomic E-state index is 4.49. The number of benzene rings is 2. The van der Waals surface area contributed by atoms with E-state index in [9.17, 15) is 0 Å². The highest BCUT2D eigenvalue weighted by Crippen LogP contribution is 2.39. The molecule has 0 unspecified atom stereocenters. The highest BCUT2D eigenvalue weighted by molar-refractivity contribution is 8.29. The van der Waals surface area contributed by atoms with Crippen LogP contribution in [0.25, 0.3) is 0 Å². The van der Waals surface area contributed by atoms with E-state index in [2.05, 4.69) is 32.4 Å². The molecule has 3 rings (SSSR count). The first-order valence-corrected chi connectivity index (χ1v) is 6.77. The second kappa shape index (κ2) is 4.85. The summed E-state index contributed by atoms with van der Waals surface area (Å²) in [7, 11) is 0. The fourth-order valence-electron chi connectivity index (χ4n) is 1.52. The van der Waals surface area contributed by atoms with Crippen molar-refractivity contribution in [1.29, 1.82) is 0 Å². The lowest BCUT2D eigenvalue weighted by atomic mass is 10.2. The third-order valence-corrected chi connectivity index (χ3v) is 4.39. The molecule has 0 atom stereocenters. The molecule has 84 valence electrons. The number of hydrogen-bond donors (Lipinski definition) is 0. The summed E-state index contributed by atoms with van der Waals surface area (Å²) in [5.41, 5.74) is 2.33. The topological polar surface area (TPSA) is 15.6 Å². The largest absolute Gasteiger partial charge is 0.233 e. The van der Waals surface area contributed by atoms with Crippen molar-refractivity contribution in [3.63, 3.8) is 0 Å². The Morgan fingerprint density at radius 1 is 0.824 bits per heavy atom. The molecule has 0 amide bonds. The van der Waals surface area contributed by atoms with Gasteiger partial charge in [-0.25, -0.2) is 3.71 Å². The van der Waals surface area contributed by atoms with E-state index in [0.717, 1.165) is 10.7 Å². The molecule has 2 aromatic carbocycles. The second-order valence-electron chi connectivity index (χ2n) is 3.53. The van der Waals surface area contributed by atoms with Gasteiger partial charge in [-0.2, -0.15) is 4.40 Å². The van der Waals surface area contributed by atoms with Crippen LogP contribution in [0.15, 0.2) is 65.1 Å². The molecule has 0 bridgehead atoms. The summed E-state index contributed by atoms with van der Waals surface area (Å²) in [6, 6.07) is 20.5. The zero-order chi connectivity index (χ0) is 11.5. The number of hydrogen-bond acceptors (Lipinski definition) is 4. The van der Waals surface area contributed by atoms with E-state index in [-0.39, 0.29) is 0 Å². The normalized spacial score (nSPS) is 14.8. The maximum atomic E-state index is 4.49. The standard InChI is InChI=1S/C13H10N2S2/c1-3-7-11(8-4-1)13-14-17-15(16-13)12-9-5-2-6-10-12/h1-10H. The average molecular weight is 258 g/mol. The van der Waals surface area contributed by atoms with E-state index in [1.807, 2.05) is 36.4 Å². The molecule has 0 fully saturated rings. The van der Waals surface area contributed by atoms with Crippen LogP contribution in [0, 0.1) is 0 Å². The van der Waals surface area contributed by atoms with Crippen LogP contribution in [0.5, 0.6) is 0 Å². The van der Waals surface area contributed by atoms with E-state index in [4.69, 9.17) is 0 Å². The monoisotopic (exact) mass is 258 g/mol. The molecule has 1 aliphatic heterocycles. The van der Waals surface area contributed by atoms with Crippen LogP contribution < -0.4 is 3.71 Å². The van der Waals surface area contributed by atoms with Crippen LogP contribution >= 0.6 is 24.1 Å². The predicted octanol–water partition coefficient (Wildman–Crippen LogP) is 4.16. The molecule has 1 heterocycles. The van der Waals surface area contributed by atoms with Crippen LogP contribution in [0.4, 0.5) is 5.69 Å². The molecule has 0 N–H and O–H groups in total. The predicted molar refractivity (Wildman–Crippen MR) is 77.1 cm³/mol. The molecule has 0 radical (unpaired) electrons. The van der Waals surface area contributed by atoms with Crippen LogP contribution in [0.3, 0.4) is 0 Å². The molecule has 17 heavy (non-hydrogen) atoms. The summed E-state index contributed by atoms with van der Waals surface area (Å²) in [5.74, 6) is 0. The molecule has 0 aromatic heterocycles. The van der Waals surface area contributed by atoms with Gasteiger partial charge in [0.1, 0.15) is 17.2 Å². The minimum atomic E-state index is 1.06. The molecule has 0 spiro atoms. The van der Waals surface area contributed by atoms with Gasteiger partial charge in [-0.3, -0.25) is 0 Å². The number of anilines is 1. The van der Waals surface area contributed by atoms with Crippen molar-refractivity contribution in [2.45, 2.75) is 0 Å². The Morgan fingerprint density at radius 3 is 2.18 bits per heavy atom. The molecule has 0 saturated heterocycles. The number of rotatable bonds is 2. The maximum Gasteiger partial charge on any atom is 0.135 e.